The predicted molar refractivity (Wildman–Crippen MR) is 130 cm³/mol. The number of carbonyl (C=O) groups excluding carboxylic acids is 2. The van der Waals surface area contributed by atoms with Gasteiger partial charge in [0.25, 0.3) is 5.56 Å². The number of esters is 1. The van der Waals surface area contributed by atoms with Crippen molar-refractivity contribution in [3.63, 3.8) is 0 Å². The Labute approximate surface area is 199 Å². The molecule has 0 radical (unpaired) electrons. The molecule has 34 heavy (non-hydrogen) atoms. The van der Waals surface area contributed by atoms with Crippen LogP contribution in [-0.4, -0.2) is 33.8 Å². The number of nitrogens with one attached hydrogen (secondary N) is 2. The van der Waals surface area contributed by atoms with E-state index in [0.29, 0.717) is 6.42 Å². The van der Waals surface area contributed by atoms with Crippen LogP contribution in [0.25, 0.3) is 11.1 Å². The highest BCUT2D eigenvalue weighted by atomic mass is 16.5. The first kappa shape index (κ1) is 25.0. The molecule has 2 unspecified atom stereocenters. The third-order valence-corrected chi connectivity index (χ3v) is 5.80. The minimum absolute atomic E-state index is 0.0346. The van der Waals surface area contributed by atoms with Crippen molar-refractivity contribution in [1.82, 2.24) is 20.1 Å². The summed E-state index contributed by atoms with van der Waals surface area (Å²) in [6.07, 6.45) is 2.07. The summed E-state index contributed by atoms with van der Waals surface area (Å²) in [7, 11) is 1.32. The number of rotatable bonds is 9. The molecule has 180 valence electrons. The molecule has 8 heteroatoms. The molecular weight excluding hydrogens is 432 g/mol. The number of pyridine rings is 1. The topological polar surface area (TPSA) is 106 Å². The average Bonchev–Trinajstić information content (AvgIpc) is 3.15. The van der Waals surface area contributed by atoms with Gasteiger partial charge in [-0.15, -0.1) is 0 Å². The van der Waals surface area contributed by atoms with E-state index in [1.165, 1.54) is 17.7 Å². The maximum Gasteiger partial charge on any atom is 0.307 e. The van der Waals surface area contributed by atoms with Crippen LogP contribution in [-0.2, 0) is 14.3 Å². The van der Waals surface area contributed by atoms with Crippen molar-refractivity contribution in [2.45, 2.75) is 52.6 Å². The highest BCUT2D eigenvalue weighted by molar-refractivity contribution is 5.82. The molecule has 2 aromatic heterocycles. The molecule has 2 heterocycles. The van der Waals surface area contributed by atoms with Gasteiger partial charge in [0.05, 0.1) is 25.3 Å². The van der Waals surface area contributed by atoms with Gasteiger partial charge >= 0.3 is 5.97 Å². The van der Waals surface area contributed by atoms with Crippen LogP contribution < -0.4 is 10.9 Å². The maximum atomic E-state index is 13.5. The Morgan fingerprint density at radius 3 is 2.53 bits per heavy atom. The van der Waals surface area contributed by atoms with Crippen molar-refractivity contribution in [3.05, 3.63) is 76.0 Å². The fourth-order valence-corrected chi connectivity index (χ4v) is 4.15. The molecule has 8 nitrogen and oxygen atoms in total. The number of aryl methyl sites for hydroxylation is 2. The van der Waals surface area contributed by atoms with Gasteiger partial charge < -0.3 is 14.6 Å². The Bertz CT molecular complexity index is 1190. The number of carbonyl (C=O) groups is 2. The van der Waals surface area contributed by atoms with Gasteiger partial charge in [0.15, 0.2) is 0 Å². The Balaban J connectivity index is 1.97. The van der Waals surface area contributed by atoms with Crippen LogP contribution in [0, 0.1) is 19.8 Å². The average molecular weight is 465 g/mol. The molecule has 0 saturated heterocycles. The summed E-state index contributed by atoms with van der Waals surface area (Å²) in [5, 5.41) is 10.3. The van der Waals surface area contributed by atoms with Crippen LogP contribution in [0.15, 0.2) is 53.5 Å². The Kier molecular flexibility index (Phi) is 8.04. The van der Waals surface area contributed by atoms with E-state index in [1.807, 2.05) is 52.0 Å². The quantitative estimate of drug-likeness (QED) is 0.468. The number of amides is 1. The van der Waals surface area contributed by atoms with Crippen LogP contribution in [0.4, 0.5) is 0 Å². The molecule has 0 bridgehead atoms. The molecule has 0 aliphatic heterocycles. The predicted octanol–water partition coefficient (Wildman–Crippen LogP) is 3.86. The van der Waals surface area contributed by atoms with Crippen LogP contribution in [0.5, 0.6) is 0 Å². The zero-order valence-electron chi connectivity index (χ0n) is 20.3. The summed E-state index contributed by atoms with van der Waals surface area (Å²) in [4.78, 5) is 38.2. The first-order valence-corrected chi connectivity index (χ1v) is 11.4. The summed E-state index contributed by atoms with van der Waals surface area (Å²) in [5.41, 5.74) is 4.23. The molecule has 3 rings (SSSR count). The second-order valence-electron chi connectivity index (χ2n) is 8.87. The van der Waals surface area contributed by atoms with E-state index >= 15 is 0 Å². The first-order chi connectivity index (χ1) is 16.2. The van der Waals surface area contributed by atoms with E-state index in [9.17, 15) is 14.4 Å². The molecule has 0 aliphatic rings. The summed E-state index contributed by atoms with van der Waals surface area (Å²) < 4.78 is 6.34. The van der Waals surface area contributed by atoms with E-state index in [4.69, 9.17) is 4.74 Å². The minimum Gasteiger partial charge on any atom is -0.469 e. The molecule has 0 aliphatic carbocycles. The van der Waals surface area contributed by atoms with Gasteiger partial charge in [-0.25, -0.2) is 0 Å². The molecule has 1 aromatic carbocycles. The summed E-state index contributed by atoms with van der Waals surface area (Å²) in [6.45, 7) is 7.87. The maximum absolute atomic E-state index is 13.5. The fraction of sp³-hybridized carbons (Fsp3) is 0.385. The fourth-order valence-electron chi connectivity index (χ4n) is 4.15. The van der Waals surface area contributed by atoms with Gasteiger partial charge in [-0.3, -0.25) is 19.5 Å². The van der Waals surface area contributed by atoms with Crippen molar-refractivity contribution in [1.29, 1.82) is 0 Å². The summed E-state index contributed by atoms with van der Waals surface area (Å²) in [6, 6.07) is 11.2. The van der Waals surface area contributed by atoms with Crippen molar-refractivity contribution < 1.29 is 14.3 Å². The van der Waals surface area contributed by atoms with Gasteiger partial charge in [0, 0.05) is 23.5 Å². The molecule has 0 spiro atoms. The van der Waals surface area contributed by atoms with Gasteiger partial charge in [-0.2, -0.15) is 5.10 Å². The van der Waals surface area contributed by atoms with Crippen LogP contribution >= 0.6 is 0 Å². The standard InChI is InChI=1S/C26H32N4O4/c1-16(2)13-22(30-12-7-6-11-23(30)31)26(33)27-21(15-24(32)34-5)19-9-8-10-20(14-19)25-17(3)28-29-18(25)4/h6-12,14,16,21-22H,13,15H2,1-5H3,(H,27,33)(H,28,29). The number of aromatic nitrogens is 3. The second-order valence-corrected chi connectivity index (χ2v) is 8.87. The van der Waals surface area contributed by atoms with E-state index in [-0.39, 0.29) is 23.8 Å². The molecule has 2 atom stereocenters. The lowest BCUT2D eigenvalue weighted by Crippen LogP contribution is -2.40. The lowest BCUT2D eigenvalue weighted by Gasteiger charge is -2.25. The lowest BCUT2D eigenvalue weighted by molar-refractivity contribution is -0.141. The van der Waals surface area contributed by atoms with Crippen molar-refractivity contribution >= 4 is 11.9 Å². The summed E-state index contributed by atoms with van der Waals surface area (Å²) in [5.74, 6) is -0.585. The second kappa shape index (κ2) is 11.0. The lowest BCUT2D eigenvalue weighted by atomic mass is 9.96. The van der Waals surface area contributed by atoms with Crippen molar-refractivity contribution in [2.75, 3.05) is 7.11 Å². The van der Waals surface area contributed by atoms with Crippen LogP contribution in [0.3, 0.4) is 0 Å². The number of aromatic amines is 1. The highest BCUT2D eigenvalue weighted by Crippen LogP contribution is 2.29. The SMILES string of the molecule is COC(=O)CC(NC(=O)C(CC(C)C)n1ccccc1=O)c1cccc(-c2c(C)n[nH]c2C)c1. The molecule has 1 amide bonds. The Morgan fingerprint density at radius 1 is 1.15 bits per heavy atom. The van der Waals surface area contributed by atoms with Gasteiger partial charge in [-0.1, -0.05) is 38.1 Å². The zero-order chi connectivity index (χ0) is 24.8. The van der Waals surface area contributed by atoms with E-state index < -0.39 is 18.1 Å². The third-order valence-electron chi connectivity index (χ3n) is 5.80. The summed E-state index contributed by atoms with van der Waals surface area (Å²) >= 11 is 0. The number of ether oxygens (including phenoxy) is 1. The molecule has 2 N–H and O–H groups in total. The van der Waals surface area contributed by atoms with Gasteiger partial charge in [0.2, 0.25) is 5.91 Å². The van der Waals surface area contributed by atoms with Gasteiger partial charge in [-0.05, 0) is 49.4 Å². The first-order valence-electron chi connectivity index (χ1n) is 11.4. The number of benzene rings is 1. The zero-order valence-corrected chi connectivity index (χ0v) is 20.3. The third kappa shape index (κ3) is 5.81. The van der Waals surface area contributed by atoms with E-state index in [2.05, 4.69) is 15.5 Å². The van der Waals surface area contributed by atoms with Gasteiger partial charge in [0.1, 0.15) is 6.04 Å². The number of hydrogen-bond donors (Lipinski definition) is 2. The number of methoxy groups -OCH3 is 1. The van der Waals surface area contributed by atoms with Crippen molar-refractivity contribution in [2.24, 2.45) is 5.92 Å². The largest absolute Gasteiger partial charge is 0.469 e. The smallest absolute Gasteiger partial charge is 0.307 e. The number of nitrogens with zero attached hydrogens (tertiary/aromatic N) is 2. The normalized spacial score (nSPS) is 12.9. The molecular formula is C26H32N4O4. The molecule has 3 aromatic rings. The van der Waals surface area contributed by atoms with Crippen LogP contribution in [0.1, 0.15) is 55.7 Å². The highest BCUT2D eigenvalue weighted by Gasteiger charge is 2.27. The number of H-pyrrole nitrogens is 1. The van der Waals surface area contributed by atoms with Crippen LogP contribution in [0.2, 0.25) is 0 Å². The van der Waals surface area contributed by atoms with E-state index in [0.717, 1.165) is 28.1 Å². The molecule has 0 saturated carbocycles. The van der Waals surface area contributed by atoms with Crippen molar-refractivity contribution in [3.8, 4) is 11.1 Å². The minimum atomic E-state index is -0.699. The number of hydrogen-bond acceptors (Lipinski definition) is 5. The van der Waals surface area contributed by atoms with E-state index in [1.54, 1.807) is 18.3 Å². The molecule has 0 fully saturated rings. The Morgan fingerprint density at radius 2 is 1.91 bits per heavy atom. The monoisotopic (exact) mass is 464 g/mol. The Hall–Kier alpha value is -3.68.